The molecule has 0 radical (unpaired) electrons. The highest BCUT2D eigenvalue weighted by atomic mass is 16.6. The van der Waals surface area contributed by atoms with E-state index in [9.17, 15) is 4.79 Å². The van der Waals surface area contributed by atoms with Crippen LogP contribution in [0.5, 0.6) is 11.5 Å². The third-order valence-electron chi connectivity index (χ3n) is 3.53. The van der Waals surface area contributed by atoms with E-state index in [-0.39, 0.29) is 11.3 Å². The van der Waals surface area contributed by atoms with E-state index in [1.165, 1.54) is 0 Å². The lowest BCUT2D eigenvalue weighted by Gasteiger charge is -2.25. The van der Waals surface area contributed by atoms with Crippen molar-refractivity contribution in [3.63, 3.8) is 0 Å². The van der Waals surface area contributed by atoms with Gasteiger partial charge in [-0.3, -0.25) is 4.79 Å². The molecule has 0 unspecified atom stereocenters. The minimum Gasteiger partial charge on any atom is -0.486 e. The molecular weight excluding hydrogens is 268 g/mol. The summed E-state index contributed by atoms with van der Waals surface area (Å²) in [7, 11) is 0. The predicted octanol–water partition coefficient (Wildman–Crippen LogP) is 1.49. The average molecular weight is 292 g/mol. The van der Waals surface area contributed by atoms with Gasteiger partial charge in [-0.15, -0.1) is 0 Å². The van der Waals surface area contributed by atoms with Gasteiger partial charge in [-0.25, -0.2) is 0 Å². The Labute approximate surface area is 125 Å². The summed E-state index contributed by atoms with van der Waals surface area (Å²) < 4.78 is 11.0. The van der Waals surface area contributed by atoms with Crippen molar-refractivity contribution >= 4 is 5.91 Å². The number of fused-ring (bicyclic) bond motifs is 1. The molecule has 1 aliphatic rings. The van der Waals surface area contributed by atoms with Crippen molar-refractivity contribution in [1.29, 1.82) is 0 Å². The Bertz CT molecular complexity index is 509. The van der Waals surface area contributed by atoms with E-state index in [0.29, 0.717) is 19.8 Å². The summed E-state index contributed by atoms with van der Waals surface area (Å²) in [5.74, 6) is 1.44. The second-order valence-corrected chi connectivity index (χ2v) is 6.36. The smallest absolute Gasteiger partial charge is 0.237 e. The lowest BCUT2D eigenvalue weighted by atomic mass is 9.87. The van der Waals surface area contributed by atoms with Crippen molar-refractivity contribution in [3.05, 3.63) is 23.8 Å². The fraction of sp³-hybridized carbons (Fsp3) is 0.562. The first-order chi connectivity index (χ1) is 9.88. The summed E-state index contributed by atoms with van der Waals surface area (Å²) in [6.45, 7) is 7.59. The lowest BCUT2D eigenvalue weighted by Crippen LogP contribution is -2.48. The van der Waals surface area contributed by atoms with Crippen LogP contribution in [0.25, 0.3) is 0 Å². The van der Waals surface area contributed by atoms with Crippen LogP contribution >= 0.6 is 0 Å². The van der Waals surface area contributed by atoms with Crippen LogP contribution in [-0.4, -0.2) is 31.7 Å². The molecule has 0 aliphatic carbocycles. The maximum atomic E-state index is 11.9. The first-order valence-electron chi connectivity index (χ1n) is 7.30. The molecule has 1 atom stereocenters. The summed E-state index contributed by atoms with van der Waals surface area (Å²) in [6.07, 6.45) is 0.735. The largest absolute Gasteiger partial charge is 0.486 e. The standard InChI is InChI=1S/C16H24N2O3/c1-16(2,3)14(17)15(19)18-7-6-11-4-5-12-13(10-11)21-9-8-20-12/h4-5,10,14H,6-9,17H2,1-3H3,(H,18,19)/t14-/m1/s1. The molecule has 0 fully saturated rings. The lowest BCUT2D eigenvalue weighted by molar-refractivity contribution is -0.124. The molecule has 1 aliphatic heterocycles. The van der Waals surface area contributed by atoms with E-state index >= 15 is 0 Å². The minimum absolute atomic E-state index is 0.111. The number of carbonyl (C=O) groups is 1. The molecule has 21 heavy (non-hydrogen) atoms. The number of benzene rings is 1. The average Bonchev–Trinajstić information content (AvgIpc) is 2.45. The van der Waals surface area contributed by atoms with E-state index < -0.39 is 6.04 Å². The fourth-order valence-electron chi connectivity index (χ4n) is 2.08. The van der Waals surface area contributed by atoms with E-state index in [0.717, 1.165) is 23.5 Å². The number of hydrogen-bond donors (Lipinski definition) is 2. The number of amides is 1. The number of hydrogen-bond acceptors (Lipinski definition) is 4. The van der Waals surface area contributed by atoms with Gasteiger partial charge in [0.15, 0.2) is 11.5 Å². The number of rotatable bonds is 4. The molecule has 1 aromatic carbocycles. The maximum Gasteiger partial charge on any atom is 0.237 e. The highest BCUT2D eigenvalue weighted by molar-refractivity contribution is 5.82. The fourth-order valence-corrected chi connectivity index (χ4v) is 2.08. The van der Waals surface area contributed by atoms with Gasteiger partial charge in [-0.1, -0.05) is 26.8 Å². The summed E-state index contributed by atoms with van der Waals surface area (Å²) in [4.78, 5) is 11.9. The molecule has 2 rings (SSSR count). The van der Waals surface area contributed by atoms with Gasteiger partial charge in [0.1, 0.15) is 13.2 Å². The molecule has 1 amide bonds. The van der Waals surface area contributed by atoms with Crippen LogP contribution in [0.15, 0.2) is 18.2 Å². The van der Waals surface area contributed by atoms with Crippen molar-refractivity contribution < 1.29 is 14.3 Å². The van der Waals surface area contributed by atoms with E-state index in [1.54, 1.807) is 0 Å². The summed E-state index contributed by atoms with van der Waals surface area (Å²) >= 11 is 0. The molecule has 5 heteroatoms. The third-order valence-corrected chi connectivity index (χ3v) is 3.53. The highest BCUT2D eigenvalue weighted by Gasteiger charge is 2.26. The van der Waals surface area contributed by atoms with Crippen LogP contribution in [-0.2, 0) is 11.2 Å². The van der Waals surface area contributed by atoms with Crippen LogP contribution < -0.4 is 20.5 Å². The number of nitrogens with two attached hydrogens (primary N) is 1. The van der Waals surface area contributed by atoms with Crippen molar-refractivity contribution in [2.45, 2.75) is 33.2 Å². The molecule has 5 nitrogen and oxygen atoms in total. The summed E-state index contributed by atoms with van der Waals surface area (Å²) in [6, 6.07) is 5.36. The molecule has 0 saturated heterocycles. The van der Waals surface area contributed by atoms with E-state index in [4.69, 9.17) is 15.2 Å². The normalized spacial score (nSPS) is 15.4. The molecule has 0 aromatic heterocycles. The molecule has 1 aromatic rings. The van der Waals surface area contributed by atoms with Crippen LogP contribution in [0.1, 0.15) is 26.3 Å². The zero-order valence-electron chi connectivity index (χ0n) is 12.9. The van der Waals surface area contributed by atoms with Crippen LogP contribution in [0, 0.1) is 5.41 Å². The Hall–Kier alpha value is -1.75. The van der Waals surface area contributed by atoms with Crippen molar-refractivity contribution in [2.75, 3.05) is 19.8 Å². The van der Waals surface area contributed by atoms with Gasteiger partial charge in [0.05, 0.1) is 6.04 Å². The Morgan fingerprint density at radius 3 is 2.62 bits per heavy atom. The van der Waals surface area contributed by atoms with Gasteiger partial charge in [0.2, 0.25) is 5.91 Å². The Kier molecular flexibility index (Phi) is 4.73. The first-order valence-corrected chi connectivity index (χ1v) is 7.30. The Morgan fingerprint density at radius 1 is 1.29 bits per heavy atom. The van der Waals surface area contributed by atoms with Gasteiger partial charge in [-0.2, -0.15) is 0 Å². The van der Waals surface area contributed by atoms with Gasteiger partial charge in [0, 0.05) is 6.54 Å². The van der Waals surface area contributed by atoms with Gasteiger partial charge >= 0.3 is 0 Å². The zero-order valence-corrected chi connectivity index (χ0v) is 12.9. The second kappa shape index (κ2) is 6.35. The topological polar surface area (TPSA) is 73.6 Å². The minimum atomic E-state index is -0.502. The molecule has 3 N–H and O–H groups in total. The number of ether oxygens (including phenoxy) is 2. The monoisotopic (exact) mass is 292 g/mol. The quantitative estimate of drug-likeness (QED) is 0.882. The van der Waals surface area contributed by atoms with Crippen LogP contribution in [0.3, 0.4) is 0 Å². The Balaban J connectivity index is 1.85. The molecule has 1 heterocycles. The molecule has 116 valence electrons. The molecule has 0 saturated carbocycles. The Morgan fingerprint density at radius 2 is 1.95 bits per heavy atom. The highest BCUT2D eigenvalue weighted by Crippen LogP contribution is 2.30. The van der Waals surface area contributed by atoms with Crippen LogP contribution in [0.4, 0.5) is 0 Å². The van der Waals surface area contributed by atoms with Crippen molar-refractivity contribution in [2.24, 2.45) is 11.1 Å². The number of carbonyl (C=O) groups excluding carboxylic acids is 1. The van der Waals surface area contributed by atoms with Gasteiger partial charge in [0.25, 0.3) is 0 Å². The summed E-state index contributed by atoms with van der Waals surface area (Å²) in [5.41, 5.74) is 6.78. The number of nitrogens with one attached hydrogen (secondary N) is 1. The van der Waals surface area contributed by atoms with Crippen molar-refractivity contribution in [1.82, 2.24) is 5.32 Å². The maximum absolute atomic E-state index is 11.9. The second-order valence-electron chi connectivity index (χ2n) is 6.36. The molecular formula is C16H24N2O3. The molecule has 0 spiro atoms. The predicted molar refractivity (Wildman–Crippen MR) is 81.6 cm³/mol. The van der Waals surface area contributed by atoms with Gasteiger partial charge in [-0.05, 0) is 29.5 Å². The third kappa shape index (κ3) is 4.11. The van der Waals surface area contributed by atoms with Crippen LogP contribution in [0.2, 0.25) is 0 Å². The molecule has 0 bridgehead atoms. The summed E-state index contributed by atoms with van der Waals surface area (Å²) in [5, 5.41) is 2.88. The van der Waals surface area contributed by atoms with Crippen molar-refractivity contribution in [3.8, 4) is 11.5 Å². The van der Waals surface area contributed by atoms with E-state index in [2.05, 4.69) is 5.32 Å². The van der Waals surface area contributed by atoms with Gasteiger partial charge < -0.3 is 20.5 Å². The van der Waals surface area contributed by atoms with E-state index in [1.807, 2.05) is 39.0 Å². The first kappa shape index (κ1) is 15.6. The zero-order chi connectivity index (χ0) is 15.5. The SMILES string of the molecule is CC(C)(C)[C@H](N)C(=O)NCCc1ccc2c(c1)OCCO2.